The number of aliphatic hydroxyl groups is 1. The van der Waals surface area contributed by atoms with Crippen molar-refractivity contribution in [2.45, 2.75) is 19.4 Å². The van der Waals surface area contributed by atoms with Crippen LogP contribution < -0.4 is 0 Å². The van der Waals surface area contributed by atoms with Gasteiger partial charge in [0.25, 0.3) is 0 Å². The highest BCUT2D eigenvalue weighted by Crippen LogP contribution is 2.34. The van der Waals surface area contributed by atoms with Crippen molar-refractivity contribution in [1.82, 2.24) is 0 Å². The number of rotatable bonds is 4. The van der Waals surface area contributed by atoms with Crippen LogP contribution in [0, 0.1) is 0 Å². The number of phenolic OH excluding ortho intramolecular Hbond substituents is 1. The highest BCUT2D eigenvalue weighted by molar-refractivity contribution is 5.82. The Kier molecular flexibility index (Phi) is 4.29. The van der Waals surface area contributed by atoms with Crippen molar-refractivity contribution in [1.29, 1.82) is 0 Å². The number of ether oxygens (including phenoxy) is 1. The van der Waals surface area contributed by atoms with Gasteiger partial charge in [0.05, 0.1) is 6.61 Å². The fraction of sp³-hybridized carbons (Fsp3) is 0.235. The largest absolute Gasteiger partial charge is 0.508 e. The lowest BCUT2D eigenvalue weighted by Crippen LogP contribution is -2.34. The summed E-state index contributed by atoms with van der Waals surface area (Å²) in [5, 5.41) is 20.4. The Labute approximate surface area is 123 Å². The molecule has 0 bridgehead atoms. The summed E-state index contributed by atoms with van der Waals surface area (Å²) in [5.74, 6) is -0.932. The number of hydrogen-bond donors (Lipinski definition) is 2. The van der Waals surface area contributed by atoms with E-state index >= 15 is 0 Å². The second kappa shape index (κ2) is 5.97. The number of phenols is 1. The minimum atomic E-state index is -1.90. The van der Waals surface area contributed by atoms with Crippen molar-refractivity contribution in [3.63, 3.8) is 0 Å². The van der Waals surface area contributed by atoms with E-state index in [0.29, 0.717) is 0 Å². The Morgan fingerprint density at radius 3 is 2.43 bits per heavy atom. The summed E-state index contributed by atoms with van der Waals surface area (Å²) in [5.41, 5.74) is -0.0427. The summed E-state index contributed by atoms with van der Waals surface area (Å²) >= 11 is 0. The van der Waals surface area contributed by atoms with Gasteiger partial charge in [0, 0.05) is 5.56 Å². The van der Waals surface area contributed by atoms with Gasteiger partial charge in [-0.1, -0.05) is 36.4 Å². The predicted octanol–water partition coefficient (Wildman–Crippen LogP) is 2.83. The molecule has 0 aliphatic rings. The van der Waals surface area contributed by atoms with Gasteiger partial charge in [0.2, 0.25) is 0 Å². The maximum Gasteiger partial charge on any atom is 0.342 e. The summed E-state index contributed by atoms with van der Waals surface area (Å²) < 4.78 is 4.86. The lowest BCUT2D eigenvalue weighted by atomic mass is 9.91. The molecule has 0 aromatic heterocycles. The maximum absolute atomic E-state index is 11.9. The fourth-order valence-electron chi connectivity index (χ4n) is 2.12. The zero-order chi connectivity index (χ0) is 15.5. The molecule has 0 saturated heterocycles. The number of aromatic hydroxyl groups is 1. The van der Waals surface area contributed by atoms with Crippen LogP contribution in [-0.4, -0.2) is 22.8 Å². The molecular weight excluding hydrogens is 268 g/mol. The Morgan fingerprint density at radius 1 is 1.14 bits per heavy atom. The number of carbonyl (C=O) groups excluding carboxylic acids is 1. The Hall–Kier alpha value is -2.33. The first-order valence-electron chi connectivity index (χ1n) is 6.75. The van der Waals surface area contributed by atoms with E-state index in [4.69, 9.17) is 4.74 Å². The quantitative estimate of drug-likeness (QED) is 0.848. The van der Waals surface area contributed by atoms with Crippen LogP contribution in [0.4, 0.5) is 0 Å². The van der Waals surface area contributed by atoms with E-state index in [1.807, 2.05) is 30.3 Å². The zero-order valence-electron chi connectivity index (χ0n) is 12.0. The molecule has 4 nitrogen and oxygen atoms in total. The highest BCUT2D eigenvalue weighted by atomic mass is 16.5. The average molecular weight is 286 g/mol. The highest BCUT2D eigenvalue weighted by Gasteiger charge is 2.36. The zero-order valence-corrected chi connectivity index (χ0v) is 12.0. The smallest absolute Gasteiger partial charge is 0.342 e. The van der Waals surface area contributed by atoms with Crippen molar-refractivity contribution in [3.8, 4) is 16.9 Å². The molecule has 0 saturated carbocycles. The molecule has 0 amide bonds. The number of carbonyl (C=O) groups is 1. The molecule has 2 aromatic carbocycles. The van der Waals surface area contributed by atoms with Crippen molar-refractivity contribution in [3.05, 3.63) is 54.1 Å². The third-order valence-corrected chi connectivity index (χ3v) is 3.30. The van der Waals surface area contributed by atoms with E-state index < -0.39 is 11.6 Å². The molecule has 0 heterocycles. The molecule has 1 atom stereocenters. The van der Waals surface area contributed by atoms with Crippen LogP contribution in [0.25, 0.3) is 11.1 Å². The first kappa shape index (κ1) is 15.1. The fourth-order valence-corrected chi connectivity index (χ4v) is 2.12. The van der Waals surface area contributed by atoms with E-state index in [0.717, 1.165) is 11.1 Å². The molecule has 21 heavy (non-hydrogen) atoms. The van der Waals surface area contributed by atoms with Crippen molar-refractivity contribution >= 4 is 5.97 Å². The number of benzene rings is 2. The predicted molar refractivity (Wildman–Crippen MR) is 79.7 cm³/mol. The van der Waals surface area contributed by atoms with Crippen LogP contribution in [-0.2, 0) is 15.1 Å². The first-order chi connectivity index (χ1) is 9.96. The van der Waals surface area contributed by atoms with Crippen molar-refractivity contribution < 1.29 is 19.7 Å². The van der Waals surface area contributed by atoms with Crippen LogP contribution >= 0.6 is 0 Å². The molecule has 110 valence electrons. The molecule has 2 N–H and O–H groups in total. The molecule has 4 heteroatoms. The van der Waals surface area contributed by atoms with Crippen LogP contribution in [0.3, 0.4) is 0 Å². The van der Waals surface area contributed by atoms with Gasteiger partial charge < -0.3 is 14.9 Å². The molecule has 0 aliphatic heterocycles. The standard InChI is InChI=1S/C17H18O4/c1-3-21-16(19)17(2,20)14-11-13(9-10-15(14)18)12-7-5-4-6-8-12/h4-11,18,20H,3H2,1-2H3. The van der Waals surface area contributed by atoms with E-state index in [1.54, 1.807) is 19.1 Å². The summed E-state index contributed by atoms with van der Waals surface area (Å²) in [6, 6.07) is 14.3. The second-order valence-corrected chi connectivity index (χ2v) is 4.89. The van der Waals surface area contributed by atoms with Crippen LogP contribution in [0.1, 0.15) is 19.4 Å². The third kappa shape index (κ3) is 3.06. The molecule has 2 aromatic rings. The summed E-state index contributed by atoms with van der Waals surface area (Å²) in [7, 11) is 0. The third-order valence-electron chi connectivity index (χ3n) is 3.30. The van der Waals surface area contributed by atoms with Gasteiger partial charge in [-0.05, 0) is 37.1 Å². The summed E-state index contributed by atoms with van der Waals surface area (Å²) in [6.45, 7) is 3.14. The molecule has 1 unspecified atom stereocenters. The summed E-state index contributed by atoms with van der Waals surface area (Å²) in [4.78, 5) is 11.9. The van der Waals surface area contributed by atoms with E-state index in [-0.39, 0.29) is 17.9 Å². The van der Waals surface area contributed by atoms with E-state index in [9.17, 15) is 15.0 Å². The Bertz CT molecular complexity index is 632. The van der Waals surface area contributed by atoms with E-state index in [2.05, 4.69) is 0 Å². The van der Waals surface area contributed by atoms with Crippen LogP contribution in [0.5, 0.6) is 5.75 Å². The lowest BCUT2D eigenvalue weighted by molar-refractivity contribution is -0.164. The summed E-state index contributed by atoms with van der Waals surface area (Å²) in [6.07, 6.45) is 0. The molecular formula is C17H18O4. The van der Waals surface area contributed by atoms with E-state index in [1.165, 1.54) is 13.0 Å². The first-order valence-corrected chi connectivity index (χ1v) is 6.75. The van der Waals surface area contributed by atoms with Gasteiger partial charge >= 0.3 is 5.97 Å². The minimum absolute atomic E-state index is 0.127. The van der Waals surface area contributed by atoms with Crippen molar-refractivity contribution in [2.75, 3.05) is 6.61 Å². The van der Waals surface area contributed by atoms with Gasteiger partial charge in [-0.3, -0.25) is 0 Å². The molecule has 0 spiro atoms. The van der Waals surface area contributed by atoms with Crippen LogP contribution in [0.2, 0.25) is 0 Å². The molecule has 0 fully saturated rings. The number of hydrogen-bond acceptors (Lipinski definition) is 4. The molecule has 0 radical (unpaired) electrons. The second-order valence-electron chi connectivity index (χ2n) is 4.89. The molecule has 2 rings (SSSR count). The van der Waals surface area contributed by atoms with Crippen LogP contribution in [0.15, 0.2) is 48.5 Å². The maximum atomic E-state index is 11.9. The SMILES string of the molecule is CCOC(=O)C(C)(O)c1cc(-c2ccccc2)ccc1O. The lowest BCUT2D eigenvalue weighted by Gasteiger charge is -2.23. The number of esters is 1. The molecule has 0 aliphatic carbocycles. The Morgan fingerprint density at radius 2 is 1.81 bits per heavy atom. The van der Waals surface area contributed by atoms with Gasteiger partial charge in [-0.2, -0.15) is 0 Å². The van der Waals surface area contributed by atoms with Gasteiger partial charge in [0.15, 0.2) is 5.60 Å². The minimum Gasteiger partial charge on any atom is -0.508 e. The van der Waals surface area contributed by atoms with Crippen molar-refractivity contribution in [2.24, 2.45) is 0 Å². The monoisotopic (exact) mass is 286 g/mol. The van der Waals surface area contributed by atoms with Gasteiger partial charge in [-0.15, -0.1) is 0 Å². The van der Waals surface area contributed by atoms with Gasteiger partial charge in [-0.25, -0.2) is 4.79 Å². The normalized spacial score (nSPS) is 13.5. The topological polar surface area (TPSA) is 66.8 Å². The van der Waals surface area contributed by atoms with Gasteiger partial charge in [0.1, 0.15) is 5.75 Å². The average Bonchev–Trinajstić information content (AvgIpc) is 2.48. The Balaban J connectivity index is 2.47.